The summed E-state index contributed by atoms with van der Waals surface area (Å²) in [5.74, 6) is -0.579. The number of hydrogen-bond acceptors (Lipinski definition) is 4. The van der Waals surface area contributed by atoms with E-state index < -0.39 is 10.0 Å². The van der Waals surface area contributed by atoms with Gasteiger partial charge in [0.25, 0.3) is 5.91 Å². The maximum atomic E-state index is 12.1. The molecule has 26 heavy (non-hydrogen) atoms. The molecule has 0 fully saturated rings. The maximum Gasteiger partial charge on any atom is 0.251 e. The Kier molecular flexibility index (Phi) is 6.73. The van der Waals surface area contributed by atoms with Crippen LogP contribution in [-0.4, -0.2) is 33.8 Å². The molecular formula is C17H18ClN3O4S. The predicted octanol–water partition coefficient (Wildman–Crippen LogP) is 2.01. The molecule has 0 atom stereocenters. The standard InChI is InChI=1S/C17H18ClN3O4S/c1-19-17(23)12-5-7-14(8-6-12)21-16(22)9-10-20-26(24,25)15-4-2-3-13(18)11-15/h2-8,11,20H,9-10H2,1H3,(H,19,23)(H,21,22). The molecular weight excluding hydrogens is 378 g/mol. The molecule has 0 saturated heterocycles. The molecule has 2 amide bonds. The smallest absolute Gasteiger partial charge is 0.251 e. The molecule has 0 unspecified atom stereocenters. The minimum absolute atomic E-state index is 0.0372. The molecule has 0 aliphatic rings. The molecule has 2 rings (SSSR count). The topological polar surface area (TPSA) is 104 Å². The first-order valence-corrected chi connectivity index (χ1v) is 9.55. The second-order valence-electron chi connectivity index (χ2n) is 5.31. The van der Waals surface area contributed by atoms with Gasteiger partial charge in [0.15, 0.2) is 0 Å². The zero-order chi connectivity index (χ0) is 19.2. The fourth-order valence-electron chi connectivity index (χ4n) is 2.09. The van der Waals surface area contributed by atoms with E-state index in [4.69, 9.17) is 11.6 Å². The Balaban J connectivity index is 1.86. The number of benzene rings is 2. The summed E-state index contributed by atoms with van der Waals surface area (Å²) in [6, 6.07) is 12.2. The van der Waals surface area contributed by atoms with Crippen LogP contribution in [0.1, 0.15) is 16.8 Å². The fraction of sp³-hybridized carbons (Fsp3) is 0.176. The van der Waals surface area contributed by atoms with Gasteiger partial charge < -0.3 is 10.6 Å². The second-order valence-corrected chi connectivity index (χ2v) is 7.51. The molecule has 9 heteroatoms. The van der Waals surface area contributed by atoms with Crippen LogP contribution in [0.4, 0.5) is 5.69 Å². The van der Waals surface area contributed by atoms with Crippen molar-refractivity contribution in [1.82, 2.24) is 10.0 Å². The average molecular weight is 396 g/mol. The molecule has 138 valence electrons. The van der Waals surface area contributed by atoms with Gasteiger partial charge in [0.2, 0.25) is 15.9 Å². The van der Waals surface area contributed by atoms with E-state index in [0.717, 1.165) is 0 Å². The average Bonchev–Trinajstić information content (AvgIpc) is 2.61. The number of hydrogen-bond donors (Lipinski definition) is 3. The van der Waals surface area contributed by atoms with Crippen molar-refractivity contribution in [2.24, 2.45) is 0 Å². The van der Waals surface area contributed by atoms with Crippen LogP contribution in [0.2, 0.25) is 5.02 Å². The number of amides is 2. The minimum atomic E-state index is -3.73. The normalized spacial score (nSPS) is 11.0. The Bertz CT molecular complexity index is 898. The lowest BCUT2D eigenvalue weighted by molar-refractivity contribution is -0.116. The third-order valence-corrected chi connectivity index (χ3v) is 5.10. The maximum absolute atomic E-state index is 12.1. The van der Waals surface area contributed by atoms with E-state index >= 15 is 0 Å². The summed E-state index contributed by atoms with van der Waals surface area (Å²) in [7, 11) is -2.20. The van der Waals surface area contributed by atoms with Gasteiger partial charge in [0.05, 0.1) is 4.90 Å². The van der Waals surface area contributed by atoms with Crippen LogP contribution in [0.3, 0.4) is 0 Å². The first-order valence-electron chi connectivity index (χ1n) is 7.69. The molecule has 0 heterocycles. The summed E-state index contributed by atoms with van der Waals surface area (Å²) in [6.45, 7) is -0.0585. The molecule has 3 N–H and O–H groups in total. The third-order valence-electron chi connectivity index (χ3n) is 3.41. The summed E-state index contributed by atoms with van der Waals surface area (Å²) in [6.07, 6.45) is -0.0446. The summed E-state index contributed by atoms with van der Waals surface area (Å²) in [4.78, 5) is 23.4. The van der Waals surface area contributed by atoms with Gasteiger partial charge in [-0.3, -0.25) is 9.59 Å². The minimum Gasteiger partial charge on any atom is -0.355 e. The van der Waals surface area contributed by atoms with Crippen molar-refractivity contribution < 1.29 is 18.0 Å². The molecule has 0 radical (unpaired) electrons. The quantitative estimate of drug-likeness (QED) is 0.666. The summed E-state index contributed by atoms with van der Waals surface area (Å²) >= 11 is 5.78. The van der Waals surface area contributed by atoms with Crippen molar-refractivity contribution in [2.45, 2.75) is 11.3 Å². The van der Waals surface area contributed by atoms with E-state index in [9.17, 15) is 18.0 Å². The number of carbonyl (C=O) groups is 2. The molecule has 2 aromatic rings. The zero-order valence-electron chi connectivity index (χ0n) is 14.0. The largest absolute Gasteiger partial charge is 0.355 e. The summed E-state index contributed by atoms with van der Waals surface area (Å²) < 4.78 is 26.6. The number of nitrogens with one attached hydrogen (secondary N) is 3. The van der Waals surface area contributed by atoms with Crippen molar-refractivity contribution in [3.63, 3.8) is 0 Å². The van der Waals surface area contributed by atoms with Crippen LogP contribution in [-0.2, 0) is 14.8 Å². The lowest BCUT2D eigenvalue weighted by atomic mass is 10.2. The van der Waals surface area contributed by atoms with Crippen molar-refractivity contribution in [1.29, 1.82) is 0 Å². The number of halogens is 1. The van der Waals surface area contributed by atoms with Crippen LogP contribution in [0.25, 0.3) is 0 Å². The highest BCUT2D eigenvalue weighted by Crippen LogP contribution is 2.15. The molecule has 7 nitrogen and oxygen atoms in total. The molecule has 0 spiro atoms. The first-order chi connectivity index (χ1) is 12.3. The molecule has 0 aliphatic carbocycles. The van der Waals surface area contributed by atoms with Crippen LogP contribution in [0.15, 0.2) is 53.4 Å². The Hall–Kier alpha value is -2.42. The van der Waals surface area contributed by atoms with E-state index in [2.05, 4.69) is 15.4 Å². The van der Waals surface area contributed by atoms with Crippen LogP contribution in [0.5, 0.6) is 0 Å². The Morgan fingerprint density at radius 1 is 1.08 bits per heavy atom. The molecule has 0 aliphatic heterocycles. The van der Waals surface area contributed by atoms with E-state index in [-0.39, 0.29) is 29.7 Å². The molecule has 0 bridgehead atoms. The Labute approximate surface area is 156 Å². The highest BCUT2D eigenvalue weighted by Gasteiger charge is 2.14. The van der Waals surface area contributed by atoms with Gasteiger partial charge in [-0.25, -0.2) is 13.1 Å². The highest BCUT2D eigenvalue weighted by atomic mass is 35.5. The number of carbonyl (C=O) groups excluding carboxylic acids is 2. The van der Waals surface area contributed by atoms with Gasteiger partial charge in [-0.2, -0.15) is 0 Å². The third kappa shape index (κ3) is 5.55. The zero-order valence-corrected chi connectivity index (χ0v) is 15.5. The second kappa shape index (κ2) is 8.79. The summed E-state index contributed by atoms with van der Waals surface area (Å²) in [5.41, 5.74) is 0.986. The molecule has 0 aromatic heterocycles. The van der Waals surface area contributed by atoms with Crippen molar-refractivity contribution in [3.8, 4) is 0 Å². The highest BCUT2D eigenvalue weighted by molar-refractivity contribution is 7.89. The monoisotopic (exact) mass is 395 g/mol. The van der Waals surface area contributed by atoms with Gasteiger partial charge >= 0.3 is 0 Å². The predicted molar refractivity (Wildman–Crippen MR) is 99.7 cm³/mol. The Morgan fingerprint density at radius 2 is 1.77 bits per heavy atom. The van der Waals surface area contributed by atoms with E-state index in [1.165, 1.54) is 25.2 Å². The van der Waals surface area contributed by atoms with Crippen LogP contribution >= 0.6 is 11.6 Å². The van der Waals surface area contributed by atoms with Crippen molar-refractivity contribution in [2.75, 3.05) is 18.9 Å². The van der Waals surface area contributed by atoms with Gasteiger partial charge in [-0.15, -0.1) is 0 Å². The lowest BCUT2D eigenvalue weighted by Gasteiger charge is -2.08. The number of sulfonamides is 1. The SMILES string of the molecule is CNC(=O)c1ccc(NC(=O)CCNS(=O)(=O)c2cccc(Cl)c2)cc1. The molecule has 0 saturated carbocycles. The lowest BCUT2D eigenvalue weighted by Crippen LogP contribution is -2.27. The van der Waals surface area contributed by atoms with Crippen LogP contribution < -0.4 is 15.4 Å². The van der Waals surface area contributed by atoms with Gasteiger partial charge in [0.1, 0.15) is 0 Å². The number of anilines is 1. The first kappa shape index (κ1) is 19.9. The van der Waals surface area contributed by atoms with E-state index in [1.54, 1.807) is 30.3 Å². The fourth-order valence-corrected chi connectivity index (χ4v) is 3.42. The van der Waals surface area contributed by atoms with Gasteiger partial charge in [-0.05, 0) is 42.5 Å². The van der Waals surface area contributed by atoms with Gasteiger partial charge in [-0.1, -0.05) is 17.7 Å². The van der Waals surface area contributed by atoms with Crippen molar-refractivity contribution >= 4 is 39.1 Å². The van der Waals surface area contributed by atoms with E-state index in [1.807, 2.05) is 0 Å². The van der Waals surface area contributed by atoms with Crippen LogP contribution in [0, 0.1) is 0 Å². The molecule has 2 aromatic carbocycles. The Morgan fingerprint density at radius 3 is 2.38 bits per heavy atom. The summed E-state index contributed by atoms with van der Waals surface area (Å²) in [5, 5.41) is 5.45. The van der Waals surface area contributed by atoms with E-state index in [0.29, 0.717) is 16.3 Å². The number of rotatable bonds is 7. The van der Waals surface area contributed by atoms with Crippen molar-refractivity contribution in [3.05, 3.63) is 59.1 Å². The van der Waals surface area contributed by atoms with Gasteiger partial charge in [0, 0.05) is 36.3 Å².